The highest BCUT2D eigenvalue weighted by atomic mass is 16.5. The van der Waals surface area contributed by atoms with Crippen molar-refractivity contribution in [2.24, 2.45) is 4.99 Å². The van der Waals surface area contributed by atoms with Gasteiger partial charge in [-0.15, -0.1) is 0 Å². The summed E-state index contributed by atoms with van der Waals surface area (Å²) in [7, 11) is 0. The van der Waals surface area contributed by atoms with Crippen molar-refractivity contribution in [3.63, 3.8) is 0 Å². The number of nitrogens with zero attached hydrogens (tertiary/aromatic N) is 1. The summed E-state index contributed by atoms with van der Waals surface area (Å²) in [6.07, 6.45) is 0. The first kappa shape index (κ1) is 17.4. The van der Waals surface area contributed by atoms with Gasteiger partial charge in [-0.2, -0.15) is 0 Å². The zero-order chi connectivity index (χ0) is 18.0. The average molecular weight is 335 g/mol. The maximum absolute atomic E-state index is 9.50. The Morgan fingerprint density at radius 3 is 1.80 bits per heavy atom. The van der Waals surface area contributed by atoms with E-state index in [2.05, 4.69) is 67.4 Å². The zero-order valence-corrected chi connectivity index (χ0v) is 15.3. The van der Waals surface area contributed by atoms with E-state index in [4.69, 9.17) is 4.74 Å². The molecule has 3 nitrogen and oxygen atoms in total. The van der Waals surface area contributed by atoms with Crippen LogP contribution in [-0.4, -0.2) is 29.8 Å². The molecule has 1 fully saturated rings. The minimum Gasteiger partial charge on any atom is -0.472 e. The SMILES string of the molecule is Cc1ccc(C(=C2COC2=NC(C)(C)CO)c2ccc(C)cc2)cc1. The largest absolute Gasteiger partial charge is 0.472 e. The molecule has 1 N–H and O–H groups in total. The fourth-order valence-electron chi connectivity index (χ4n) is 2.75. The van der Waals surface area contributed by atoms with Crippen molar-refractivity contribution in [3.8, 4) is 0 Å². The first-order valence-corrected chi connectivity index (χ1v) is 8.61. The number of ether oxygens (including phenoxy) is 1. The molecule has 0 saturated carbocycles. The van der Waals surface area contributed by atoms with E-state index in [1.165, 1.54) is 11.1 Å². The quantitative estimate of drug-likeness (QED) is 0.905. The lowest BCUT2D eigenvalue weighted by atomic mass is 9.90. The van der Waals surface area contributed by atoms with Crippen molar-refractivity contribution in [1.29, 1.82) is 0 Å². The average Bonchev–Trinajstić information content (AvgIpc) is 2.58. The van der Waals surface area contributed by atoms with E-state index in [0.29, 0.717) is 12.5 Å². The van der Waals surface area contributed by atoms with Crippen LogP contribution in [0.15, 0.2) is 59.1 Å². The fraction of sp³-hybridized carbons (Fsp3) is 0.318. The summed E-state index contributed by atoms with van der Waals surface area (Å²) < 4.78 is 5.63. The lowest BCUT2D eigenvalue weighted by Gasteiger charge is -2.29. The Bertz CT molecular complexity index is 765. The van der Waals surface area contributed by atoms with E-state index in [9.17, 15) is 5.11 Å². The summed E-state index contributed by atoms with van der Waals surface area (Å²) in [5.74, 6) is 0.634. The Balaban J connectivity index is 2.14. The second-order valence-electron chi connectivity index (χ2n) is 7.26. The minimum absolute atomic E-state index is 0.0163. The molecular formula is C22H25NO2. The summed E-state index contributed by atoms with van der Waals surface area (Å²) in [4.78, 5) is 4.61. The van der Waals surface area contributed by atoms with Gasteiger partial charge in [-0.25, -0.2) is 4.99 Å². The number of aliphatic hydroxyl groups excluding tert-OH is 1. The number of aliphatic imine (C=N–C) groups is 1. The van der Waals surface area contributed by atoms with Crippen LogP contribution in [0, 0.1) is 13.8 Å². The fourth-order valence-corrected chi connectivity index (χ4v) is 2.75. The molecule has 2 aromatic carbocycles. The number of aryl methyl sites for hydroxylation is 2. The molecule has 0 aromatic heterocycles. The Morgan fingerprint density at radius 1 is 0.960 bits per heavy atom. The van der Waals surface area contributed by atoms with Crippen LogP contribution in [0.1, 0.15) is 36.1 Å². The highest BCUT2D eigenvalue weighted by Gasteiger charge is 2.29. The Morgan fingerprint density at radius 2 is 1.44 bits per heavy atom. The van der Waals surface area contributed by atoms with Gasteiger partial charge in [0.25, 0.3) is 0 Å². The molecule has 1 heterocycles. The second kappa shape index (κ2) is 6.85. The highest BCUT2D eigenvalue weighted by Crippen LogP contribution is 2.33. The van der Waals surface area contributed by atoms with Crippen molar-refractivity contribution in [1.82, 2.24) is 0 Å². The number of rotatable bonds is 4. The zero-order valence-electron chi connectivity index (χ0n) is 15.3. The summed E-state index contributed by atoms with van der Waals surface area (Å²) >= 11 is 0. The molecule has 0 atom stereocenters. The van der Waals surface area contributed by atoms with E-state index in [0.717, 1.165) is 22.3 Å². The molecule has 3 rings (SSSR count). The molecular weight excluding hydrogens is 310 g/mol. The number of benzene rings is 2. The lowest BCUT2D eigenvalue weighted by molar-refractivity contribution is 0.213. The molecule has 1 aliphatic heterocycles. The first-order chi connectivity index (χ1) is 11.9. The number of hydrogen-bond acceptors (Lipinski definition) is 3. The van der Waals surface area contributed by atoms with Gasteiger partial charge in [-0.05, 0) is 38.8 Å². The smallest absolute Gasteiger partial charge is 0.216 e. The van der Waals surface area contributed by atoms with E-state index in [1.54, 1.807) is 0 Å². The molecule has 0 spiro atoms. The van der Waals surface area contributed by atoms with Crippen LogP contribution in [-0.2, 0) is 4.74 Å². The molecule has 1 aliphatic rings. The Labute approximate surface area is 149 Å². The molecule has 0 unspecified atom stereocenters. The predicted molar refractivity (Wildman–Crippen MR) is 103 cm³/mol. The van der Waals surface area contributed by atoms with Crippen molar-refractivity contribution >= 4 is 11.5 Å². The van der Waals surface area contributed by atoms with Crippen LogP contribution in [0.4, 0.5) is 0 Å². The van der Waals surface area contributed by atoms with Gasteiger partial charge in [0, 0.05) is 5.57 Å². The van der Waals surface area contributed by atoms with Gasteiger partial charge in [-0.1, -0.05) is 59.7 Å². The summed E-state index contributed by atoms with van der Waals surface area (Å²) in [6, 6.07) is 17.1. The van der Waals surface area contributed by atoms with Crippen molar-refractivity contribution in [2.75, 3.05) is 13.2 Å². The number of hydrogen-bond donors (Lipinski definition) is 1. The first-order valence-electron chi connectivity index (χ1n) is 8.61. The van der Waals surface area contributed by atoms with E-state index in [-0.39, 0.29) is 6.61 Å². The number of aliphatic hydroxyl groups is 1. The van der Waals surface area contributed by atoms with Crippen LogP contribution >= 0.6 is 0 Å². The molecule has 25 heavy (non-hydrogen) atoms. The van der Waals surface area contributed by atoms with Crippen LogP contribution < -0.4 is 0 Å². The van der Waals surface area contributed by atoms with Gasteiger partial charge in [-0.3, -0.25) is 0 Å². The normalized spacial score (nSPS) is 15.7. The summed E-state index contributed by atoms with van der Waals surface area (Å²) in [5, 5.41) is 9.50. The van der Waals surface area contributed by atoms with Gasteiger partial charge >= 0.3 is 0 Å². The minimum atomic E-state index is -0.549. The predicted octanol–water partition coefficient (Wildman–Crippen LogP) is 4.30. The maximum Gasteiger partial charge on any atom is 0.216 e. The second-order valence-corrected chi connectivity index (χ2v) is 7.26. The molecule has 130 valence electrons. The third-order valence-electron chi connectivity index (χ3n) is 4.38. The summed E-state index contributed by atoms with van der Waals surface area (Å²) in [5.41, 5.74) is 6.47. The van der Waals surface area contributed by atoms with Gasteiger partial charge in [0.05, 0.1) is 17.7 Å². The molecule has 0 aliphatic carbocycles. The maximum atomic E-state index is 9.50. The molecule has 0 radical (unpaired) electrons. The lowest BCUT2D eigenvalue weighted by Crippen LogP contribution is -2.33. The van der Waals surface area contributed by atoms with Gasteiger partial charge in [0.1, 0.15) is 6.61 Å². The van der Waals surface area contributed by atoms with E-state index < -0.39 is 5.54 Å². The van der Waals surface area contributed by atoms with Gasteiger partial charge in [0.2, 0.25) is 5.90 Å². The van der Waals surface area contributed by atoms with Crippen molar-refractivity contribution in [2.45, 2.75) is 33.2 Å². The van der Waals surface area contributed by atoms with E-state index in [1.807, 2.05) is 13.8 Å². The monoisotopic (exact) mass is 335 g/mol. The Hall–Kier alpha value is -2.39. The van der Waals surface area contributed by atoms with Crippen LogP contribution in [0.3, 0.4) is 0 Å². The standard InChI is InChI=1S/C22H25NO2/c1-15-5-9-17(10-6-15)20(18-11-7-16(2)8-12-18)19-13-25-21(19)23-22(3,4)14-24/h5-12,24H,13-14H2,1-4H3. The van der Waals surface area contributed by atoms with Gasteiger partial charge < -0.3 is 9.84 Å². The van der Waals surface area contributed by atoms with E-state index >= 15 is 0 Å². The van der Waals surface area contributed by atoms with Crippen molar-refractivity contribution in [3.05, 3.63) is 76.4 Å². The third-order valence-corrected chi connectivity index (χ3v) is 4.38. The van der Waals surface area contributed by atoms with Crippen LogP contribution in [0.5, 0.6) is 0 Å². The van der Waals surface area contributed by atoms with Crippen LogP contribution in [0.25, 0.3) is 5.57 Å². The highest BCUT2D eigenvalue weighted by molar-refractivity contribution is 6.08. The molecule has 0 bridgehead atoms. The van der Waals surface area contributed by atoms with Crippen molar-refractivity contribution < 1.29 is 9.84 Å². The molecule has 2 aromatic rings. The molecule has 0 amide bonds. The summed E-state index contributed by atoms with van der Waals surface area (Å²) in [6.45, 7) is 8.50. The Kier molecular flexibility index (Phi) is 4.78. The van der Waals surface area contributed by atoms with Crippen LogP contribution in [0.2, 0.25) is 0 Å². The third kappa shape index (κ3) is 3.83. The molecule has 1 saturated heterocycles. The topological polar surface area (TPSA) is 41.8 Å². The molecule has 3 heteroatoms. The van der Waals surface area contributed by atoms with Gasteiger partial charge in [0.15, 0.2) is 0 Å².